The smallest absolute Gasteiger partial charge is 0.129 e. The summed E-state index contributed by atoms with van der Waals surface area (Å²) in [5.74, 6) is 0.572. The van der Waals surface area contributed by atoms with Crippen molar-refractivity contribution in [3.63, 3.8) is 0 Å². The standard InChI is InChI=1S/C17H18O/c1-14(18)12-13-17(15-8-4-2-5-9-15)16-10-6-3-7-11-16/h2-11,17H,12-13H2,1H3. The summed E-state index contributed by atoms with van der Waals surface area (Å²) in [7, 11) is 0. The second-order valence-corrected chi connectivity index (χ2v) is 4.61. The van der Waals surface area contributed by atoms with E-state index >= 15 is 0 Å². The Hall–Kier alpha value is -1.89. The predicted octanol–water partition coefficient (Wildman–Crippen LogP) is 4.19. The van der Waals surface area contributed by atoms with Crippen LogP contribution in [0.15, 0.2) is 60.7 Å². The highest BCUT2D eigenvalue weighted by molar-refractivity contribution is 5.75. The van der Waals surface area contributed by atoms with Gasteiger partial charge in [-0.3, -0.25) is 0 Å². The summed E-state index contributed by atoms with van der Waals surface area (Å²) in [6, 6.07) is 20.8. The van der Waals surface area contributed by atoms with Crippen molar-refractivity contribution in [2.75, 3.05) is 0 Å². The minimum Gasteiger partial charge on any atom is -0.300 e. The molecule has 1 heteroatoms. The third-order valence-corrected chi connectivity index (χ3v) is 3.19. The quantitative estimate of drug-likeness (QED) is 0.763. The lowest BCUT2D eigenvalue weighted by Gasteiger charge is -2.17. The average Bonchev–Trinajstić information content (AvgIpc) is 2.41. The van der Waals surface area contributed by atoms with Crippen molar-refractivity contribution in [1.82, 2.24) is 0 Å². The number of Topliss-reactive ketones (excluding diaryl/α,β-unsaturated/α-hetero) is 1. The normalized spacial score (nSPS) is 10.6. The van der Waals surface area contributed by atoms with Gasteiger partial charge in [-0.25, -0.2) is 0 Å². The van der Waals surface area contributed by atoms with Crippen molar-refractivity contribution < 1.29 is 4.79 Å². The Morgan fingerprint density at radius 1 is 0.889 bits per heavy atom. The molecule has 1 nitrogen and oxygen atoms in total. The molecule has 18 heavy (non-hydrogen) atoms. The Kier molecular flexibility index (Phi) is 4.30. The number of hydrogen-bond acceptors (Lipinski definition) is 1. The van der Waals surface area contributed by atoms with E-state index < -0.39 is 0 Å². The molecule has 0 aromatic heterocycles. The van der Waals surface area contributed by atoms with Crippen molar-refractivity contribution in [2.24, 2.45) is 0 Å². The lowest BCUT2D eigenvalue weighted by molar-refractivity contribution is -0.117. The van der Waals surface area contributed by atoms with Crippen molar-refractivity contribution in [1.29, 1.82) is 0 Å². The molecule has 0 bridgehead atoms. The van der Waals surface area contributed by atoms with Crippen LogP contribution in [0.4, 0.5) is 0 Å². The summed E-state index contributed by atoms with van der Waals surface area (Å²) in [6.45, 7) is 1.66. The lowest BCUT2D eigenvalue weighted by atomic mass is 9.87. The van der Waals surface area contributed by atoms with Gasteiger partial charge >= 0.3 is 0 Å². The fourth-order valence-corrected chi connectivity index (χ4v) is 2.24. The molecular weight excluding hydrogens is 220 g/mol. The van der Waals surface area contributed by atoms with E-state index in [2.05, 4.69) is 48.5 Å². The first-order valence-corrected chi connectivity index (χ1v) is 6.36. The van der Waals surface area contributed by atoms with Crippen LogP contribution >= 0.6 is 0 Å². The van der Waals surface area contributed by atoms with Crippen LogP contribution in [0.5, 0.6) is 0 Å². The first-order chi connectivity index (χ1) is 8.77. The second-order valence-electron chi connectivity index (χ2n) is 4.61. The van der Waals surface area contributed by atoms with E-state index in [0.717, 1.165) is 6.42 Å². The van der Waals surface area contributed by atoms with Crippen LogP contribution in [0.1, 0.15) is 36.8 Å². The van der Waals surface area contributed by atoms with Crippen LogP contribution in [0, 0.1) is 0 Å². The topological polar surface area (TPSA) is 17.1 Å². The Morgan fingerprint density at radius 2 is 1.33 bits per heavy atom. The maximum Gasteiger partial charge on any atom is 0.129 e. The molecule has 0 aliphatic rings. The van der Waals surface area contributed by atoms with Gasteiger partial charge < -0.3 is 4.79 Å². The van der Waals surface area contributed by atoms with Gasteiger partial charge in [0.1, 0.15) is 5.78 Å². The van der Waals surface area contributed by atoms with Gasteiger partial charge in [-0.15, -0.1) is 0 Å². The van der Waals surface area contributed by atoms with Gasteiger partial charge in [-0.05, 0) is 24.5 Å². The van der Waals surface area contributed by atoms with Gasteiger partial charge in [-0.1, -0.05) is 60.7 Å². The minimum absolute atomic E-state index is 0.256. The van der Waals surface area contributed by atoms with Gasteiger partial charge in [-0.2, -0.15) is 0 Å². The molecule has 0 spiro atoms. The fourth-order valence-electron chi connectivity index (χ4n) is 2.24. The van der Waals surface area contributed by atoms with Crippen LogP contribution in [0.2, 0.25) is 0 Å². The molecule has 0 saturated heterocycles. The molecule has 0 heterocycles. The monoisotopic (exact) mass is 238 g/mol. The van der Waals surface area contributed by atoms with E-state index in [0.29, 0.717) is 12.3 Å². The highest BCUT2D eigenvalue weighted by atomic mass is 16.1. The summed E-state index contributed by atoms with van der Waals surface area (Å²) in [4.78, 5) is 11.2. The Labute approximate surface area is 108 Å². The van der Waals surface area contributed by atoms with Crippen molar-refractivity contribution in [2.45, 2.75) is 25.7 Å². The molecule has 2 aromatic rings. The predicted molar refractivity (Wildman–Crippen MR) is 74.6 cm³/mol. The molecule has 0 atom stereocenters. The minimum atomic E-state index is 0.256. The molecule has 2 rings (SSSR count). The molecule has 0 radical (unpaired) electrons. The molecule has 0 N–H and O–H groups in total. The summed E-state index contributed by atoms with van der Waals surface area (Å²) < 4.78 is 0. The van der Waals surface area contributed by atoms with Crippen molar-refractivity contribution in [3.05, 3.63) is 71.8 Å². The molecule has 0 aliphatic carbocycles. The number of hydrogen-bond donors (Lipinski definition) is 0. The molecule has 0 fully saturated rings. The zero-order valence-electron chi connectivity index (χ0n) is 10.7. The average molecular weight is 238 g/mol. The summed E-state index contributed by atoms with van der Waals surface area (Å²) in [5, 5.41) is 0. The van der Waals surface area contributed by atoms with Gasteiger partial charge in [0.15, 0.2) is 0 Å². The Balaban J connectivity index is 2.26. The van der Waals surface area contributed by atoms with Gasteiger partial charge in [0, 0.05) is 12.3 Å². The van der Waals surface area contributed by atoms with Crippen LogP contribution < -0.4 is 0 Å². The molecule has 92 valence electrons. The third kappa shape index (κ3) is 3.30. The van der Waals surface area contributed by atoms with E-state index in [1.807, 2.05) is 12.1 Å². The Morgan fingerprint density at radius 3 is 1.72 bits per heavy atom. The number of carbonyl (C=O) groups is 1. The van der Waals surface area contributed by atoms with Crippen LogP contribution in [0.25, 0.3) is 0 Å². The third-order valence-electron chi connectivity index (χ3n) is 3.19. The zero-order chi connectivity index (χ0) is 12.8. The number of carbonyl (C=O) groups excluding carboxylic acids is 1. The number of benzene rings is 2. The number of rotatable bonds is 5. The maximum absolute atomic E-state index is 11.2. The van der Waals surface area contributed by atoms with Gasteiger partial charge in [0.05, 0.1) is 0 Å². The zero-order valence-corrected chi connectivity index (χ0v) is 10.7. The van der Waals surface area contributed by atoms with E-state index in [9.17, 15) is 4.79 Å². The first-order valence-electron chi connectivity index (χ1n) is 6.36. The summed E-state index contributed by atoms with van der Waals surface area (Å²) in [5.41, 5.74) is 2.56. The largest absolute Gasteiger partial charge is 0.300 e. The molecule has 0 unspecified atom stereocenters. The molecular formula is C17H18O. The van der Waals surface area contributed by atoms with Crippen LogP contribution in [0.3, 0.4) is 0 Å². The highest BCUT2D eigenvalue weighted by Gasteiger charge is 2.14. The maximum atomic E-state index is 11.2. The second kappa shape index (κ2) is 6.15. The highest BCUT2D eigenvalue weighted by Crippen LogP contribution is 2.28. The molecule has 0 aliphatic heterocycles. The SMILES string of the molecule is CC(=O)CCC(c1ccccc1)c1ccccc1. The van der Waals surface area contributed by atoms with E-state index in [-0.39, 0.29) is 5.78 Å². The lowest BCUT2D eigenvalue weighted by Crippen LogP contribution is -2.03. The van der Waals surface area contributed by atoms with E-state index in [1.54, 1.807) is 6.92 Å². The summed E-state index contributed by atoms with van der Waals surface area (Å²) in [6.07, 6.45) is 1.51. The van der Waals surface area contributed by atoms with Crippen molar-refractivity contribution in [3.8, 4) is 0 Å². The number of ketones is 1. The van der Waals surface area contributed by atoms with Crippen LogP contribution in [-0.2, 0) is 4.79 Å². The van der Waals surface area contributed by atoms with Gasteiger partial charge in [0.25, 0.3) is 0 Å². The van der Waals surface area contributed by atoms with Crippen LogP contribution in [-0.4, -0.2) is 5.78 Å². The molecule has 2 aromatic carbocycles. The molecule has 0 saturated carbocycles. The van der Waals surface area contributed by atoms with E-state index in [1.165, 1.54) is 11.1 Å². The summed E-state index contributed by atoms with van der Waals surface area (Å²) >= 11 is 0. The van der Waals surface area contributed by atoms with Gasteiger partial charge in [0.2, 0.25) is 0 Å². The Bertz CT molecular complexity index is 448. The fraction of sp³-hybridized carbons (Fsp3) is 0.235. The van der Waals surface area contributed by atoms with Crippen molar-refractivity contribution >= 4 is 5.78 Å². The first kappa shape index (κ1) is 12.6. The van der Waals surface area contributed by atoms with E-state index in [4.69, 9.17) is 0 Å². The molecule has 0 amide bonds.